The molecule has 0 fully saturated rings. The maximum atomic E-state index is 12.8. The van der Waals surface area contributed by atoms with Crippen LogP contribution in [0.5, 0.6) is 0 Å². The van der Waals surface area contributed by atoms with E-state index in [1.807, 2.05) is 24.6 Å². The van der Waals surface area contributed by atoms with E-state index in [-0.39, 0.29) is 11.9 Å². The van der Waals surface area contributed by atoms with Gasteiger partial charge >= 0.3 is 0 Å². The highest BCUT2D eigenvalue weighted by molar-refractivity contribution is 5.93. The molecule has 0 aliphatic carbocycles. The number of nitrogens with one attached hydrogen (secondary N) is 1. The van der Waals surface area contributed by atoms with Crippen LogP contribution in [0.1, 0.15) is 55.0 Å². The normalized spacial score (nSPS) is 15.6. The zero-order chi connectivity index (χ0) is 18.0. The summed E-state index contributed by atoms with van der Waals surface area (Å²) in [5, 5.41) is 17.2. The predicted molar refractivity (Wildman–Crippen MR) is 93.0 cm³/mol. The van der Waals surface area contributed by atoms with Gasteiger partial charge in [0.15, 0.2) is 0 Å². The van der Waals surface area contributed by atoms with Gasteiger partial charge in [0, 0.05) is 31.5 Å². The standard InChI is InChI=1S/C17H24N6O2/c1-11(2)20-17-18-8-13(9-19-17)16(25)22-5-4-6-23-14(10-22)7-15(21-23)12(3)24/h7-9,11-12,24H,4-6,10H2,1-3H3,(H,18,19,20). The largest absolute Gasteiger partial charge is 0.387 e. The Morgan fingerprint density at radius 2 is 1.96 bits per heavy atom. The molecule has 0 spiro atoms. The maximum Gasteiger partial charge on any atom is 0.257 e. The molecule has 8 nitrogen and oxygen atoms in total. The molecule has 1 aliphatic heterocycles. The highest BCUT2D eigenvalue weighted by Gasteiger charge is 2.23. The lowest BCUT2D eigenvalue weighted by Gasteiger charge is -2.20. The Balaban J connectivity index is 1.75. The Morgan fingerprint density at radius 3 is 2.60 bits per heavy atom. The lowest BCUT2D eigenvalue weighted by atomic mass is 10.2. The summed E-state index contributed by atoms with van der Waals surface area (Å²) in [6.07, 6.45) is 3.32. The summed E-state index contributed by atoms with van der Waals surface area (Å²) in [4.78, 5) is 23.0. The van der Waals surface area contributed by atoms with Crippen molar-refractivity contribution in [3.05, 3.63) is 35.4 Å². The van der Waals surface area contributed by atoms with Gasteiger partial charge < -0.3 is 15.3 Å². The molecule has 1 unspecified atom stereocenters. The molecule has 1 atom stereocenters. The zero-order valence-corrected chi connectivity index (χ0v) is 14.8. The van der Waals surface area contributed by atoms with Gasteiger partial charge in [-0.1, -0.05) is 0 Å². The van der Waals surface area contributed by atoms with Crippen LogP contribution in [0.3, 0.4) is 0 Å². The number of amides is 1. The van der Waals surface area contributed by atoms with Crippen LogP contribution in [-0.2, 0) is 13.1 Å². The number of hydrogen-bond donors (Lipinski definition) is 2. The molecule has 1 aliphatic rings. The first kappa shape index (κ1) is 17.3. The first-order chi connectivity index (χ1) is 11.9. The van der Waals surface area contributed by atoms with Crippen molar-refractivity contribution in [2.75, 3.05) is 11.9 Å². The van der Waals surface area contributed by atoms with E-state index in [4.69, 9.17) is 0 Å². The number of hydrogen-bond acceptors (Lipinski definition) is 6. The minimum absolute atomic E-state index is 0.0932. The van der Waals surface area contributed by atoms with Crippen molar-refractivity contribution in [1.82, 2.24) is 24.6 Å². The van der Waals surface area contributed by atoms with E-state index >= 15 is 0 Å². The Kier molecular flexibility index (Phi) is 4.98. The maximum absolute atomic E-state index is 12.8. The quantitative estimate of drug-likeness (QED) is 0.874. The summed E-state index contributed by atoms with van der Waals surface area (Å²) in [5.74, 6) is 0.423. The fraction of sp³-hybridized carbons (Fsp3) is 0.529. The first-order valence-corrected chi connectivity index (χ1v) is 8.56. The van der Waals surface area contributed by atoms with Gasteiger partial charge in [-0.2, -0.15) is 5.10 Å². The average Bonchev–Trinajstić information content (AvgIpc) is 2.87. The number of nitrogens with zero attached hydrogens (tertiary/aromatic N) is 5. The molecule has 134 valence electrons. The summed E-state index contributed by atoms with van der Waals surface area (Å²) in [7, 11) is 0. The molecule has 3 heterocycles. The molecule has 0 saturated heterocycles. The second-order valence-corrected chi connectivity index (χ2v) is 6.63. The van der Waals surface area contributed by atoms with E-state index in [9.17, 15) is 9.90 Å². The number of aryl methyl sites for hydroxylation is 1. The fourth-order valence-corrected chi connectivity index (χ4v) is 2.82. The van der Waals surface area contributed by atoms with Crippen LogP contribution in [0.2, 0.25) is 0 Å². The van der Waals surface area contributed by atoms with Gasteiger partial charge in [0.05, 0.1) is 29.6 Å². The van der Waals surface area contributed by atoms with Gasteiger partial charge in [-0.15, -0.1) is 0 Å². The third kappa shape index (κ3) is 3.96. The summed E-state index contributed by atoms with van der Waals surface area (Å²) in [5.41, 5.74) is 2.04. The van der Waals surface area contributed by atoms with E-state index in [2.05, 4.69) is 20.4 Å². The van der Waals surface area contributed by atoms with E-state index in [0.717, 1.165) is 18.7 Å². The van der Waals surface area contributed by atoms with Crippen molar-refractivity contribution in [2.24, 2.45) is 0 Å². The van der Waals surface area contributed by atoms with Crippen LogP contribution < -0.4 is 5.32 Å². The Labute approximate surface area is 146 Å². The average molecular weight is 344 g/mol. The number of aliphatic hydroxyl groups is 1. The van der Waals surface area contributed by atoms with Crippen molar-refractivity contribution in [3.63, 3.8) is 0 Å². The number of rotatable bonds is 4. The number of anilines is 1. The smallest absolute Gasteiger partial charge is 0.257 e. The number of aliphatic hydroxyl groups excluding tert-OH is 1. The highest BCUT2D eigenvalue weighted by atomic mass is 16.3. The third-order valence-electron chi connectivity index (χ3n) is 4.06. The van der Waals surface area contributed by atoms with Crippen LogP contribution in [0.25, 0.3) is 0 Å². The molecule has 25 heavy (non-hydrogen) atoms. The SMILES string of the molecule is CC(C)Nc1ncc(C(=O)N2CCCn3nc(C(C)O)cc3C2)cn1. The first-order valence-electron chi connectivity index (χ1n) is 8.56. The third-order valence-corrected chi connectivity index (χ3v) is 4.06. The lowest BCUT2D eigenvalue weighted by molar-refractivity contribution is 0.0745. The molecule has 3 rings (SSSR count). The van der Waals surface area contributed by atoms with Gasteiger partial charge in [0.2, 0.25) is 5.95 Å². The van der Waals surface area contributed by atoms with Gasteiger partial charge in [0.1, 0.15) is 0 Å². The minimum Gasteiger partial charge on any atom is -0.387 e. The number of aromatic nitrogens is 4. The van der Waals surface area contributed by atoms with Crippen LogP contribution in [0.15, 0.2) is 18.5 Å². The minimum atomic E-state index is -0.613. The molecule has 1 amide bonds. The van der Waals surface area contributed by atoms with E-state index in [1.54, 1.807) is 24.2 Å². The van der Waals surface area contributed by atoms with Crippen LogP contribution >= 0.6 is 0 Å². The van der Waals surface area contributed by atoms with Crippen molar-refractivity contribution in [3.8, 4) is 0 Å². The summed E-state index contributed by atoms with van der Waals surface area (Å²) >= 11 is 0. The molecular formula is C17H24N6O2. The van der Waals surface area contributed by atoms with Crippen molar-refractivity contribution < 1.29 is 9.90 Å². The monoisotopic (exact) mass is 344 g/mol. The molecule has 2 aromatic heterocycles. The van der Waals surface area contributed by atoms with Crippen LogP contribution in [0, 0.1) is 0 Å². The number of fused-ring (bicyclic) bond motifs is 1. The second kappa shape index (κ2) is 7.18. The molecule has 0 bridgehead atoms. The summed E-state index contributed by atoms with van der Waals surface area (Å²) in [6.45, 7) is 7.55. The molecule has 8 heteroatoms. The Bertz CT molecular complexity index is 738. The predicted octanol–water partition coefficient (Wildman–Crippen LogP) is 1.59. The number of carbonyl (C=O) groups excluding carboxylic acids is 1. The van der Waals surface area contributed by atoms with Gasteiger partial charge in [-0.3, -0.25) is 9.48 Å². The Morgan fingerprint density at radius 1 is 1.24 bits per heavy atom. The summed E-state index contributed by atoms with van der Waals surface area (Å²) in [6, 6.07) is 2.10. The topological polar surface area (TPSA) is 96.2 Å². The van der Waals surface area contributed by atoms with E-state index in [1.165, 1.54) is 0 Å². The lowest BCUT2D eigenvalue weighted by Crippen LogP contribution is -2.31. The molecule has 0 radical (unpaired) electrons. The zero-order valence-electron chi connectivity index (χ0n) is 14.8. The van der Waals surface area contributed by atoms with Crippen LogP contribution in [-0.4, -0.2) is 48.2 Å². The molecule has 0 saturated carbocycles. The van der Waals surface area contributed by atoms with Crippen molar-refractivity contribution in [2.45, 2.75) is 52.4 Å². The van der Waals surface area contributed by atoms with Gasteiger partial charge in [-0.25, -0.2) is 9.97 Å². The fourth-order valence-electron chi connectivity index (χ4n) is 2.82. The van der Waals surface area contributed by atoms with E-state index in [0.29, 0.717) is 30.3 Å². The highest BCUT2D eigenvalue weighted by Crippen LogP contribution is 2.19. The molecular weight excluding hydrogens is 320 g/mol. The van der Waals surface area contributed by atoms with Crippen LogP contribution in [0.4, 0.5) is 5.95 Å². The number of carbonyl (C=O) groups is 1. The van der Waals surface area contributed by atoms with Gasteiger partial charge in [-0.05, 0) is 33.3 Å². The summed E-state index contributed by atoms with van der Waals surface area (Å²) < 4.78 is 1.88. The van der Waals surface area contributed by atoms with Gasteiger partial charge in [0.25, 0.3) is 5.91 Å². The molecule has 2 N–H and O–H groups in total. The Hall–Kier alpha value is -2.48. The van der Waals surface area contributed by atoms with Crippen molar-refractivity contribution >= 4 is 11.9 Å². The van der Waals surface area contributed by atoms with E-state index < -0.39 is 6.10 Å². The second-order valence-electron chi connectivity index (χ2n) is 6.63. The van der Waals surface area contributed by atoms with Crippen molar-refractivity contribution in [1.29, 1.82) is 0 Å². The molecule has 2 aromatic rings. The molecule has 0 aromatic carbocycles.